The first-order valence-electron chi connectivity index (χ1n) is 6.93. The fourth-order valence-electron chi connectivity index (χ4n) is 1.88. The molecular weight excluding hydrogens is 370 g/mol. The Morgan fingerprint density at radius 2 is 2.30 bits per heavy atom. The molecule has 0 bridgehead atoms. The topological polar surface area (TPSA) is 62.1 Å². The summed E-state index contributed by atoms with van der Waals surface area (Å²) >= 11 is 3.31. The minimum absolute atomic E-state index is 0.0961. The summed E-state index contributed by atoms with van der Waals surface area (Å²) in [4.78, 5) is 11.9. The summed E-state index contributed by atoms with van der Waals surface area (Å²) in [7, 11) is 0. The molecular formula is C16H17BrF2N2O2. The van der Waals surface area contributed by atoms with Gasteiger partial charge in [-0.25, -0.2) is 8.78 Å². The molecule has 1 heterocycles. The van der Waals surface area contributed by atoms with E-state index in [1.54, 1.807) is 25.1 Å². The van der Waals surface area contributed by atoms with Gasteiger partial charge in [0.1, 0.15) is 18.4 Å². The van der Waals surface area contributed by atoms with Crippen LogP contribution in [0.3, 0.4) is 0 Å². The molecule has 1 atom stereocenters. The van der Waals surface area contributed by atoms with Crippen LogP contribution in [-0.4, -0.2) is 18.8 Å². The van der Waals surface area contributed by atoms with Crippen LogP contribution in [0, 0.1) is 17.2 Å². The molecule has 0 aliphatic carbocycles. The Balaban J connectivity index is 2.91. The molecule has 0 fully saturated rings. The molecule has 1 aliphatic rings. The third-order valence-electron chi connectivity index (χ3n) is 3.09. The number of hydrogen-bond donors (Lipinski definition) is 1. The lowest BCUT2D eigenvalue weighted by Gasteiger charge is -2.11. The first kappa shape index (κ1) is 19.1. The van der Waals surface area contributed by atoms with E-state index in [9.17, 15) is 13.6 Å². The molecule has 0 aromatic heterocycles. The molecule has 0 saturated heterocycles. The summed E-state index contributed by atoms with van der Waals surface area (Å²) in [6.45, 7) is 6.37. The van der Waals surface area contributed by atoms with E-state index in [0.29, 0.717) is 22.4 Å². The van der Waals surface area contributed by atoms with Crippen molar-refractivity contribution >= 4 is 21.7 Å². The first-order chi connectivity index (χ1) is 10.8. The number of nitrogens with one attached hydrogen (secondary N) is 1. The maximum Gasteiger partial charge on any atom is 0.272 e. The van der Waals surface area contributed by atoms with E-state index < -0.39 is 18.8 Å². The molecule has 1 N–H and O–H groups in total. The van der Waals surface area contributed by atoms with Crippen molar-refractivity contribution in [1.82, 2.24) is 5.32 Å². The number of carbonyl (C=O) groups is 1. The average Bonchev–Trinajstić information content (AvgIpc) is 2.87. The number of rotatable bonds is 7. The number of alkyl halides is 2. The van der Waals surface area contributed by atoms with E-state index in [1.165, 1.54) is 0 Å². The van der Waals surface area contributed by atoms with Crippen LogP contribution in [0.4, 0.5) is 8.78 Å². The van der Waals surface area contributed by atoms with Gasteiger partial charge in [0.05, 0.1) is 15.8 Å². The number of nitriles is 1. The summed E-state index contributed by atoms with van der Waals surface area (Å²) in [6.07, 6.45) is 1.26. The van der Waals surface area contributed by atoms with E-state index in [4.69, 9.17) is 10.00 Å². The predicted molar refractivity (Wildman–Crippen MR) is 86.4 cm³/mol. The fourth-order valence-corrected chi connectivity index (χ4v) is 2.53. The molecule has 0 saturated carbocycles. The lowest BCUT2D eigenvalue weighted by atomic mass is 10.1. The monoisotopic (exact) mass is 386 g/mol. The van der Waals surface area contributed by atoms with Gasteiger partial charge in [0.2, 0.25) is 5.78 Å². The van der Waals surface area contributed by atoms with E-state index in [1.807, 2.05) is 6.92 Å². The maximum atomic E-state index is 12.2. The smallest absolute Gasteiger partial charge is 0.272 e. The van der Waals surface area contributed by atoms with Gasteiger partial charge in [-0.3, -0.25) is 4.79 Å². The van der Waals surface area contributed by atoms with E-state index in [-0.39, 0.29) is 17.2 Å². The number of Topliss-reactive ketones (excluding diaryl/α,β-unsaturated/α-hetero) is 1. The Morgan fingerprint density at radius 3 is 2.83 bits per heavy atom. The van der Waals surface area contributed by atoms with Crippen LogP contribution >= 0.6 is 15.9 Å². The number of ketones is 1. The SMILES string of the molecule is C=C(C#N)C(=O)C1=CC(C)/C(=C\C(Br)=C(/CC)OCC(F)F)N1. The number of hydrogen-bond acceptors (Lipinski definition) is 4. The van der Waals surface area contributed by atoms with Crippen molar-refractivity contribution in [2.24, 2.45) is 5.92 Å². The van der Waals surface area contributed by atoms with Gasteiger partial charge in [-0.1, -0.05) is 20.4 Å². The van der Waals surface area contributed by atoms with Crippen LogP contribution in [-0.2, 0) is 9.53 Å². The normalized spacial score (nSPS) is 19.8. The van der Waals surface area contributed by atoms with E-state index in [0.717, 1.165) is 0 Å². The Hall–Kier alpha value is -1.94. The quantitative estimate of drug-likeness (QED) is 0.408. The molecule has 23 heavy (non-hydrogen) atoms. The van der Waals surface area contributed by atoms with E-state index in [2.05, 4.69) is 27.8 Å². The number of halogens is 3. The molecule has 0 aromatic rings. The molecule has 0 aromatic carbocycles. The second-order valence-corrected chi connectivity index (χ2v) is 5.69. The highest BCUT2D eigenvalue weighted by Gasteiger charge is 2.23. The number of allylic oxidation sites excluding steroid dienone is 5. The second kappa shape index (κ2) is 8.63. The Bertz CT molecular complexity index is 630. The molecule has 1 rings (SSSR count). The van der Waals surface area contributed by atoms with Crippen molar-refractivity contribution in [3.63, 3.8) is 0 Å². The van der Waals surface area contributed by atoms with Crippen molar-refractivity contribution in [3.8, 4) is 6.07 Å². The molecule has 124 valence electrons. The zero-order chi connectivity index (χ0) is 17.6. The zero-order valence-corrected chi connectivity index (χ0v) is 14.4. The maximum absolute atomic E-state index is 12.2. The predicted octanol–water partition coefficient (Wildman–Crippen LogP) is 3.94. The van der Waals surface area contributed by atoms with Gasteiger partial charge in [-0.05, 0) is 28.1 Å². The molecule has 0 spiro atoms. The van der Waals surface area contributed by atoms with E-state index >= 15 is 0 Å². The van der Waals surface area contributed by atoms with Crippen molar-refractivity contribution in [2.75, 3.05) is 6.61 Å². The molecule has 1 aliphatic heterocycles. The zero-order valence-electron chi connectivity index (χ0n) is 12.8. The highest BCUT2D eigenvalue weighted by atomic mass is 79.9. The summed E-state index contributed by atoms with van der Waals surface area (Å²) in [5, 5.41) is 11.6. The van der Waals surface area contributed by atoms with Gasteiger partial charge in [0.15, 0.2) is 0 Å². The lowest BCUT2D eigenvalue weighted by molar-refractivity contribution is -0.112. The summed E-state index contributed by atoms with van der Waals surface area (Å²) < 4.78 is 30.1. The van der Waals surface area contributed by atoms with Gasteiger partial charge in [-0.15, -0.1) is 0 Å². The minimum Gasteiger partial charge on any atom is -0.491 e. The first-order valence-corrected chi connectivity index (χ1v) is 7.73. The Morgan fingerprint density at radius 1 is 1.65 bits per heavy atom. The number of carbonyl (C=O) groups excluding carboxylic acids is 1. The number of nitrogens with zero attached hydrogens (tertiary/aromatic N) is 1. The molecule has 0 amide bonds. The molecule has 0 radical (unpaired) electrons. The second-order valence-electron chi connectivity index (χ2n) is 4.84. The highest BCUT2D eigenvalue weighted by molar-refractivity contribution is 9.11. The van der Waals surface area contributed by atoms with Crippen LogP contribution in [0.2, 0.25) is 0 Å². The lowest BCUT2D eigenvalue weighted by Crippen LogP contribution is -2.16. The Kier molecular flexibility index (Phi) is 7.17. The van der Waals surface area contributed by atoms with Crippen molar-refractivity contribution < 1.29 is 18.3 Å². The van der Waals surface area contributed by atoms with Crippen LogP contribution in [0.1, 0.15) is 20.3 Å². The average molecular weight is 387 g/mol. The van der Waals surface area contributed by atoms with Crippen LogP contribution in [0.25, 0.3) is 0 Å². The van der Waals surface area contributed by atoms with Crippen molar-refractivity contribution in [2.45, 2.75) is 26.7 Å². The largest absolute Gasteiger partial charge is 0.491 e. The number of ether oxygens (including phenoxy) is 1. The third kappa shape index (κ3) is 5.32. The fraction of sp³-hybridized carbons (Fsp3) is 0.375. The van der Waals surface area contributed by atoms with Crippen LogP contribution in [0.5, 0.6) is 0 Å². The highest BCUT2D eigenvalue weighted by Crippen LogP contribution is 2.27. The molecule has 4 nitrogen and oxygen atoms in total. The third-order valence-corrected chi connectivity index (χ3v) is 3.76. The molecule has 7 heteroatoms. The van der Waals surface area contributed by atoms with Crippen LogP contribution < -0.4 is 5.32 Å². The molecule has 1 unspecified atom stereocenters. The van der Waals surface area contributed by atoms with Crippen molar-refractivity contribution in [3.05, 3.63) is 45.9 Å². The summed E-state index contributed by atoms with van der Waals surface area (Å²) in [6, 6.07) is 1.71. The van der Waals surface area contributed by atoms with Gasteiger partial charge in [0, 0.05) is 18.0 Å². The minimum atomic E-state index is -2.55. The van der Waals surface area contributed by atoms with Crippen molar-refractivity contribution in [1.29, 1.82) is 5.26 Å². The van der Waals surface area contributed by atoms with Crippen LogP contribution in [0.15, 0.2) is 45.9 Å². The van der Waals surface area contributed by atoms with Gasteiger partial charge in [-0.2, -0.15) is 5.26 Å². The summed E-state index contributed by atoms with van der Waals surface area (Å²) in [5.74, 6) is -0.165. The summed E-state index contributed by atoms with van der Waals surface area (Å²) in [5.41, 5.74) is 0.820. The van der Waals surface area contributed by atoms with Gasteiger partial charge >= 0.3 is 0 Å². The standard InChI is InChI=1S/C16H17BrF2N2O2/c1-4-14(23-8-15(18)19)11(17)6-12-9(2)5-13(21-12)16(22)10(3)7-20/h5-6,9,15,21H,3-4,8H2,1-2H3/b12-6+,14-11-. The van der Waals surface area contributed by atoms with Gasteiger partial charge in [0.25, 0.3) is 6.43 Å². The Labute approximate surface area is 142 Å². The van der Waals surface area contributed by atoms with Gasteiger partial charge < -0.3 is 10.1 Å².